The summed E-state index contributed by atoms with van der Waals surface area (Å²) in [5.74, 6) is 1.42. The smallest absolute Gasteiger partial charge is 0.145 e. The molecule has 1 saturated carbocycles. The van der Waals surface area contributed by atoms with Crippen LogP contribution >= 0.6 is 0 Å². The average molecular weight is 358 g/mol. The largest absolute Gasteiger partial charge is 0.508 e. The fourth-order valence-electron chi connectivity index (χ4n) is 4.28. The summed E-state index contributed by atoms with van der Waals surface area (Å²) in [6.45, 7) is 2.49. The molecule has 1 unspecified atom stereocenters. The van der Waals surface area contributed by atoms with Gasteiger partial charge >= 0.3 is 0 Å². The Morgan fingerprint density at radius 2 is 1.85 bits per heavy atom. The lowest BCUT2D eigenvalue weighted by Gasteiger charge is -2.22. The first-order chi connectivity index (χ1) is 12.6. The first kappa shape index (κ1) is 17.2. The number of aromatic nitrogens is 1. The van der Waals surface area contributed by atoms with Gasteiger partial charge in [-0.1, -0.05) is 12.1 Å². The maximum absolute atomic E-state index is 13.2. The Morgan fingerprint density at radius 3 is 2.50 bits per heavy atom. The lowest BCUT2D eigenvalue weighted by molar-refractivity contribution is 0.116. The van der Waals surface area contributed by atoms with Gasteiger partial charge in [0.1, 0.15) is 17.3 Å². The van der Waals surface area contributed by atoms with E-state index in [4.69, 9.17) is 4.74 Å². The van der Waals surface area contributed by atoms with Crippen LogP contribution < -0.4 is 4.74 Å². The summed E-state index contributed by atoms with van der Waals surface area (Å²) in [7, 11) is 0. The van der Waals surface area contributed by atoms with Crippen LogP contribution in [-0.2, 0) is 0 Å². The monoisotopic (exact) mass is 358 g/mol. The molecule has 0 amide bonds. The Bertz CT molecular complexity index is 741. The van der Waals surface area contributed by atoms with Crippen LogP contribution in [0, 0.1) is 17.7 Å². The first-order valence-electron chi connectivity index (χ1n) is 9.03. The molecule has 4 atom stereocenters. The van der Waals surface area contributed by atoms with Crippen LogP contribution in [0.3, 0.4) is 0 Å². The van der Waals surface area contributed by atoms with E-state index in [0.717, 1.165) is 31.5 Å². The Morgan fingerprint density at radius 1 is 1.15 bits per heavy atom. The number of ether oxygens (including phenoxy) is 1. The van der Waals surface area contributed by atoms with Crippen LogP contribution in [0.5, 0.6) is 11.5 Å². The zero-order valence-electron chi connectivity index (χ0n) is 14.5. The van der Waals surface area contributed by atoms with E-state index in [1.807, 2.05) is 0 Å². The molecule has 1 aromatic carbocycles. The second kappa shape index (κ2) is 7.21. The highest BCUT2D eigenvalue weighted by atomic mass is 19.1. The number of aromatic hydroxyl groups is 1. The number of phenols is 1. The lowest BCUT2D eigenvalue weighted by atomic mass is 10.0. The second-order valence-electron chi connectivity index (χ2n) is 7.40. The summed E-state index contributed by atoms with van der Waals surface area (Å²) in [6.07, 6.45) is 4.18. The molecule has 138 valence electrons. The summed E-state index contributed by atoms with van der Waals surface area (Å²) in [5.41, 5.74) is 0.819. The number of β-amino-alcohol motifs (C(OH)–C–C–N with tert-alkyl or cyclic N) is 1. The van der Waals surface area contributed by atoms with E-state index in [1.165, 1.54) is 12.3 Å². The fourth-order valence-corrected chi connectivity index (χ4v) is 4.28. The molecule has 2 fully saturated rings. The molecular weight excluding hydrogens is 335 g/mol. The molecule has 2 heterocycles. The Balaban J connectivity index is 1.28. The van der Waals surface area contributed by atoms with Gasteiger partial charge in [0.2, 0.25) is 0 Å². The van der Waals surface area contributed by atoms with Crippen molar-refractivity contribution < 1.29 is 19.3 Å². The van der Waals surface area contributed by atoms with Crippen molar-refractivity contribution >= 4 is 0 Å². The summed E-state index contributed by atoms with van der Waals surface area (Å²) in [5, 5.41) is 19.8. The van der Waals surface area contributed by atoms with Gasteiger partial charge in [-0.25, -0.2) is 4.39 Å². The maximum Gasteiger partial charge on any atom is 0.145 e. The number of likely N-dealkylation sites (tertiary alicyclic amines) is 1. The number of hydrogen-bond donors (Lipinski definition) is 2. The van der Waals surface area contributed by atoms with Crippen molar-refractivity contribution in [3.8, 4) is 11.5 Å². The van der Waals surface area contributed by atoms with Gasteiger partial charge in [-0.05, 0) is 42.4 Å². The molecule has 0 bridgehead atoms. The zero-order valence-corrected chi connectivity index (χ0v) is 14.5. The predicted octanol–water partition coefficient (Wildman–Crippen LogP) is 2.75. The van der Waals surface area contributed by atoms with Crippen molar-refractivity contribution in [2.45, 2.75) is 25.0 Å². The van der Waals surface area contributed by atoms with Crippen molar-refractivity contribution in [1.82, 2.24) is 9.88 Å². The van der Waals surface area contributed by atoms with Crippen LogP contribution in [0.1, 0.15) is 24.5 Å². The number of nitrogens with zero attached hydrogens (tertiary/aromatic N) is 2. The van der Waals surface area contributed by atoms with Gasteiger partial charge in [0.15, 0.2) is 0 Å². The normalized spacial score (nSPS) is 26.6. The molecule has 2 aliphatic rings. The Kier molecular flexibility index (Phi) is 4.78. The molecular formula is C20H23FN2O3. The average Bonchev–Trinajstić information content (AvgIpc) is 3.13. The molecule has 1 aliphatic heterocycles. The highest BCUT2D eigenvalue weighted by Gasteiger charge is 2.42. The summed E-state index contributed by atoms with van der Waals surface area (Å²) in [6, 6.07) is 8.09. The van der Waals surface area contributed by atoms with E-state index in [-0.39, 0.29) is 17.7 Å². The van der Waals surface area contributed by atoms with Gasteiger partial charge in [-0.3, -0.25) is 9.88 Å². The van der Waals surface area contributed by atoms with E-state index in [0.29, 0.717) is 24.1 Å². The lowest BCUT2D eigenvalue weighted by Crippen LogP contribution is -2.28. The molecule has 5 nitrogen and oxygen atoms in total. The molecule has 4 rings (SSSR count). The van der Waals surface area contributed by atoms with Gasteiger partial charge in [-0.2, -0.15) is 0 Å². The predicted molar refractivity (Wildman–Crippen MR) is 94.3 cm³/mol. The van der Waals surface area contributed by atoms with E-state index < -0.39 is 6.10 Å². The number of fused-ring (bicyclic) bond motifs is 1. The molecule has 1 aliphatic carbocycles. The fraction of sp³-hybridized carbons (Fsp3) is 0.450. The molecule has 2 aromatic rings. The van der Waals surface area contributed by atoms with E-state index in [2.05, 4.69) is 9.88 Å². The van der Waals surface area contributed by atoms with Crippen LogP contribution in [0.25, 0.3) is 0 Å². The number of halogens is 1. The number of aliphatic hydroxyl groups excluding tert-OH is 1. The molecule has 0 radical (unpaired) electrons. The Labute approximate surface area is 152 Å². The summed E-state index contributed by atoms with van der Waals surface area (Å²) < 4.78 is 19.1. The zero-order chi connectivity index (χ0) is 18.1. The molecule has 0 spiro atoms. The minimum atomic E-state index is -0.556. The molecule has 1 aromatic heterocycles. The van der Waals surface area contributed by atoms with Crippen molar-refractivity contribution in [2.75, 3.05) is 19.6 Å². The molecule has 26 heavy (non-hydrogen) atoms. The summed E-state index contributed by atoms with van der Waals surface area (Å²) >= 11 is 0. The quantitative estimate of drug-likeness (QED) is 0.860. The summed E-state index contributed by atoms with van der Waals surface area (Å²) in [4.78, 5) is 6.12. The van der Waals surface area contributed by atoms with Gasteiger partial charge < -0.3 is 14.9 Å². The van der Waals surface area contributed by atoms with E-state index in [1.54, 1.807) is 30.5 Å². The van der Waals surface area contributed by atoms with Gasteiger partial charge in [-0.15, -0.1) is 0 Å². The van der Waals surface area contributed by atoms with Gasteiger partial charge in [0, 0.05) is 25.7 Å². The van der Waals surface area contributed by atoms with Gasteiger partial charge in [0.25, 0.3) is 0 Å². The number of phenolic OH excluding ortho intramolecular Hbond substituents is 1. The number of aliphatic hydroxyl groups is 1. The highest BCUT2D eigenvalue weighted by molar-refractivity contribution is 5.27. The van der Waals surface area contributed by atoms with E-state index >= 15 is 0 Å². The van der Waals surface area contributed by atoms with Crippen LogP contribution in [-0.4, -0.2) is 45.8 Å². The molecule has 2 N–H and O–H groups in total. The second-order valence-corrected chi connectivity index (χ2v) is 7.40. The van der Waals surface area contributed by atoms with Crippen molar-refractivity contribution in [2.24, 2.45) is 11.8 Å². The van der Waals surface area contributed by atoms with Crippen LogP contribution in [0.4, 0.5) is 4.39 Å². The Hall–Kier alpha value is -2.18. The number of hydrogen-bond acceptors (Lipinski definition) is 5. The molecule has 6 heteroatoms. The minimum absolute atomic E-state index is 0.109. The van der Waals surface area contributed by atoms with E-state index in [9.17, 15) is 14.6 Å². The third kappa shape index (κ3) is 3.81. The molecule has 1 saturated heterocycles. The number of pyridine rings is 1. The number of benzene rings is 1. The van der Waals surface area contributed by atoms with Crippen LogP contribution in [0.15, 0.2) is 42.7 Å². The van der Waals surface area contributed by atoms with Gasteiger partial charge in [0.05, 0.1) is 24.6 Å². The minimum Gasteiger partial charge on any atom is -0.508 e. The SMILES string of the molecule is Oc1ccc(C(O)CN2C[C@H]3C[C@H](Oc4cncc(F)c4)C[C@H]3C2)cc1. The van der Waals surface area contributed by atoms with Crippen molar-refractivity contribution in [1.29, 1.82) is 0 Å². The standard InChI is InChI=1S/C20H23FN2O3/c21-16-7-19(9-22-8-16)26-18-5-14-10-23(11-15(14)6-18)12-20(25)13-1-3-17(24)4-2-13/h1-4,7-9,14-15,18,20,24-25H,5-6,10-12H2/t14-,15+,18+,20?. The van der Waals surface area contributed by atoms with Crippen molar-refractivity contribution in [3.05, 3.63) is 54.1 Å². The van der Waals surface area contributed by atoms with Crippen molar-refractivity contribution in [3.63, 3.8) is 0 Å². The topological polar surface area (TPSA) is 65.8 Å². The maximum atomic E-state index is 13.2. The third-order valence-corrected chi connectivity index (χ3v) is 5.47. The van der Waals surface area contributed by atoms with Crippen LogP contribution in [0.2, 0.25) is 0 Å². The first-order valence-corrected chi connectivity index (χ1v) is 9.03. The highest BCUT2D eigenvalue weighted by Crippen LogP contribution is 2.40. The number of rotatable bonds is 5. The third-order valence-electron chi connectivity index (χ3n) is 5.47.